The minimum absolute atomic E-state index is 0.251. The van der Waals surface area contributed by atoms with Crippen LogP contribution in [-0.2, 0) is 0 Å². The molecule has 2 aromatic rings. The Morgan fingerprint density at radius 1 is 1.23 bits per heavy atom. The maximum Gasteiger partial charge on any atom is 0.189 e. The molecule has 0 bridgehead atoms. The lowest BCUT2D eigenvalue weighted by Gasteiger charge is -2.16. The number of nitrogens with one attached hydrogen (secondary N) is 2. The van der Waals surface area contributed by atoms with E-state index in [1.807, 2.05) is 6.92 Å². The van der Waals surface area contributed by atoms with E-state index in [-0.39, 0.29) is 5.92 Å². The van der Waals surface area contributed by atoms with Crippen molar-refractivity contribution in [2.24, 2.45) is 0 Å². The first-order valence-electron chi connectivity index (χ1n) is 6.96. The summed E-state index contributed by atoms with van der Waals surface area (Å²) in [4.78, 5) is 12.7. The molecule has 0 aromatic carbocycles. The standard InChI is InChI=1S/C16H19N5O/c1-6-12-7-14(13(8-19-12)10(2)3)22-15-9-18-11(4)20-16(15)21-17-5/h1,7-10,17H,2-5H3,(H,18,20,21). The zero-order valence-electron chi connectivity index (χ0n) is 13.1. The highest BCUT2D eigenvalue weighted by Gasteiger charge is 2.14. The van der Waals surface area contributed by atoms with Gasteiger partial charge in [-0.15, -0.1) is 6.42 Å². The third-order valence-electron chi connectivity index (χ3n) is 3.00. The van der Waals surface area contributed by atoms with Crippen LogP contribution in [0, 0.1) is 19.3 Å². The van der Waals surface area contributed by atoms with Crippen LogP contribution in [0.5, 0.6) is 11.5 Å². The first-order valence-corrected chi connectivity index (χ1v) is 6.96. The van der Waals surface area contributed by atoms with E-state index in [2.05, 4.69) is 45.6 Å². The van der Waals surface area contributed by atoms with Crippen LogP contribution in [0.25, 0.3) is 0 Å². The van der Waals surface area contributed by atoms with Crippen molar-refractivity contribution in [1.29, 1.82) is 0 Å². The van der Waals surface area contributed by atoms with Crippen molar-refractivity contribution in [3.63, 3.8) is 0 Å². The summed E-state index contributed by atoms with van der Waals surface area (Å²) in [5.41, 5.74) is 7.26. The predicted octanol–water partition coefficient (Wildman–Crippen LogP) is 2.62. The maximum absolute atomic E-state index is 5.99. The average Bonchev–Trinajstić information content (AvgIpc) is 2.50. The van der Waals surface area contributed by atoms with Crippen molar-refractivity contribution in [2.75, 3.05) is 12.5 Å². The fourth-order valence-corrected chi connectivity index (χ4v) is 1.91. The Bertz CT molecular complexity index is 706. The lowest BCUT2D eigenvalue weighted by Crippen LogP contribution is -2.17. The van der Waals surface area contributed by atoms with Crippen LogP contribution in [0.3, 0.4) is 0 Å². The van der Waals surface area contributed by atoms with Gasteiger partial charge in [-0.25, -0.2) is 20.4 Å². The third kappa shape index (κ3) is 3.51. The van der Waals surface area contributed by atoms with E-state index >= 15 is 0 Å². The molecule has 0 saturated heterocycles. The summed E-state index contributed by atoms with van der Waals surface area (Å²) < 4.78 is 5.99. The van der Waals surface area contributed by atoms with Crippen LogP contribution in [-0.4, -0.2) is 22.0 Å². The maximum atomic E-state index is 5.99. The highest BCUT2D eigenvalue weighted by Crippen LogP contribution is 2.33. The molecule has 0 spiro atoms. The second-order valence-electron chi connectivity index (χ2n) is 5.01. The largest absolute Gasteiger partial charge is 0.451 e. The summed E-state index contributed by atoms with van der Waals surface area (Å²) in [6.45, 7) is 5.95. The zero-order valence-corrected chi connectivity index (χ0v) is 13.1. The lowest BCUT2D eigenvalue weighted by atomic mass is 10.0. The fraction of sp³-hybridized carbons (Fsp3) is 0.312. The van der Waals surface area contributed by atoms with Gasteiger partial charge in [-0.3, -0.25) is 0 Å². The Labute approximate surface area is 130 Å². The van der Waals surface area contributed by atoms with Gasteiger partial charge in [0, 0.05) is 24.9 Å². The molecule has 2 rings (SSSR count). The molecule has 0 aliphatic heterocycles. The summed E-state index contributed by atoms with van der Waals surface area (Å²) in [5.74, 6) is 5.14. The highest BCUT2D eigenvalue weighted by atomic mass is 16.5. The molecule has 22 heavy (non-hydrogen) atoms. The van der Waals surface area contributed by atoms with Crippen molar-refractivity contribution in [3.8, 4) is 23.8 Å². The van der Waals surface area contributed by atoms with Gasteiger partial charge in [0.2, 0.25) is 0 Å². The van der Waals surface area contributed by atoms with E-state index in [0.29, 0.717) is 28.8 Å². The molecule has 2 aromatic heterocycles. The number of rotatable bonds is 5. The van der Waals surface area contributed by atoms with Gasteiger partial charge in [0.05, 0.1) is 6.20 Å². The van der Waals surface area contributed by atoms with Crippen molar-refractivity contribution < 1.29 is 4.74 Å². The molecule has 0 amide bonds. The number of terminal acetylenes is 1. The van der Waals surface area contributed by atoms with E-state index in [1.54, 1.807) is 25.5 Å². The smallest absolute Gasteiger partial charge is 0.189 e. The summed E-state index contributed by atoms with van der Waals surface area (Å²) >= 11 is 0. The SMILES string of the molecule is C#Cc1cc(Oc2cnc(C)nc2NNC)c(C(C)C)cn1. The molecule has 0 fully saturated rings. The van der Waals surface area contributed by atoms with Gasteiger partial charge >= 0.3 is 0 Å². The van der Waals surface area contributed by atoms with E-state index in [0.717, 1.165) is 5.56 Å². The number of hydrazine groups is 1. The Balaban J connectivity index is 2.44. The number of hydrogen-bond donors (Lipinski definition) is 2. The van der Waals surface area contributed by atoms with Crippen LogP contribution >= 0.6 is 0 Å². The van der Waals surface area contributed by atoms with Gasteiger partial charge in [-0.2, -0.15) is 0 Å². The van der Waals surface area contributed by atoms with Crippen LogP contribution in [0.1, 0.15) is 36.8 Å². The third-order valence-corrected chi connectivity index (χ3v) is 3.00. The van der Waals surface area contributed by atoms with Crippen molar-refractivity contribution in [2.45, 2.75) is 26.7 Å². The molecule has 0 atom stereocenters. The van der Waals surface area contributed by atoms with Crippen molar-refractivity contribution >= 4 is 5.82 Å². The van der Waals surface area contributed by atoms with E-state index < -0.39 is 0 Å². The number of pyridine rings is 1. The Hall–Kier alpha value is -2.65. The molecular formula is C16H19N5O. The normalized spacial score (nSPS) is 10.4. The van der Waals surface area contributed by atoms with Crippen molar-refractivity contribution in [3.05, 3.63) is 35.5 Å². The molecule has 0 aliphatic rings. The summed E-state index contributed by atoms with van der Waals surface area (Å²) in [6.07, 6.45) is 8.79. The highest BCUT2D eigenvalue weighted by molar-refractivity contribution is 5.51. The summed E-state index contributed by atoms with van der Waals surface area (Å²) in [7, 11) is 1.75. The number of anilines is 1. The fourth-order valence-electron chi connectivity index (χ4n) is 1.91. The first kappa shape index (κ1) is 15.7. The Morgan fingerprint density at radius 2 is 2.00 bits per heavy atom. The number of nitrogens with zero attached hydrogens (tertiary/aromatic N) is 3. The quantitative estimate of drug-likeness (QED) is 0.653. The predicted molar refractivity (Wildman–Crippen MR) is 85.8 cm³/mol. The van der Waals surface area contributed by atoms with Gasteiger partial charge in [0.1, 0.15) is 17.3 Å². The molecule has 0 radical (unpaired) electrons. The number of ether oxygens (including phenoxy) is 1. The minimum Gasteiger partial charge on any atom is -0.451 e. The molecule has 2 heterocycles. The van der Waals surface area contributed by atoms with Gasteiger partial charge in [-0.05, 0) is 12.8 Å². The van der Waals surface area contributed by atoms with Crippen LogP contribution in [0.4, 0.5) is 5.82 Å². The van der Waals surface area contributed by atoms with Gasteiger partial charge < -0.3 is 10.2 Å². The van der Waals surface area contributed by atoms with Gasteiger partial charge in [0.15, 0.2) is 11.6 Å². The molecule has 0 saturated carbocycles. The number of hydrogen-bond acceptors (Lipinski definition) is 6. The van der Waals surface area contributed by atoms with E-state index in [9.17, 15) is 0 Å². The molecular weight excluding hydrogens is 278 g/mol. The second kappa shape index (κ2) is 6.87. The first-order chi connectivity index (χ1) is 10.5. The van der Waals surface area contributed by atoms with E-state index in [4.69, 9.17) is 11.2 Å². The number of aromatic nitrogens is 3. The zero-order chi connectivity index (χ0) is 16.1. The Morgan fingerprint density at radius 3 is 2.64 bits per heavy atom. The summed E-state index contributed by atoms with van der Waals surface area (Å²) in [6, 6.07) is 1.75. The molecule has 2 N–H and O–H groups in total. The van der Waals surface area contributed by atoms with Crippen LogP contribution < -0.4 is 15.6 Å². The number of aryl methyl sites for hydroxylation is 1. The minimum atomic E-state index is 0.251. The summed E-state index contributed by atoms with van der Waals surface area (Å²) in [5, 5.41) is 0. The average molecular weight is 297 g/mol. The lowest BCUT2D eigenvalue weighted by molar-refractivity contribution is 0.468. The molecule has 114 valence electrons. The topological polar surface area (TPSA) is 72.0 Å². The molecule has 6 nitrogen and oxygen atoms in total. The Kier molecular flexibility index (Phi) is 4.92. The monoisotopic (exact) mass is 297 g/mol. The van der Waals surface area contributed by atoms with Gasteiger partial charge in [-0.1, -0.05) is 19.8 Å². The molecule has 0 aliphatic carbocycles. The van der Waals surface area contributed by atoms with Gasteiger partial charge in [0.25, 0.3) is 0 Å². The molecule has 6 heteroatoms. The van der Waals surface area contributed by atoms with Crippen molar-refractivity contribution in [1.82, 2.24) is 20.4 Å². The van der Waals surface area contributed by atoms with E-state index in [1.165, 1.54) is 0 Å². The second-order valence-corrected chi connectivity index (χ2v) is 5.01. The van der Waals surface area contributed by atoms with Crippen LogP contribution in [0.15, 0.2) is 18.5 Å². The molecule has 0 unspecified atom stereocenters. The van der Waals surface area contributed by atoms with Crippen LogP contribution in [0.2, 0.25) is 0 Å².